The first kappa shape index (κ1) is 49.4. The predicted octanol–water partition coefficient (Wildman–Crippen LogP) is 3.63. The third-order valence-electron chi connectivity index (χ3n) is 11.7. The van der Waals surface area contributed by atoms with Gasteiger partial charge in [-0.2, -0.15) is 0 Å². The van der Waals surface area contributed by atoms with E-state index in [1.54, 1.807) is 0 Å². The van der Waals surface area contributed by atoms with Crippen molar-refractivity contribution in [3.05, 3.63) is 82.1 Å². The van der Waals surface area contributed by atoms with Crippen molar-refractivity contribution in [2.75, 3.05) is 70.5 Å². The van der Waals surface area contributed by atoms with Crippen LogP contribution in [0.3, 0.4) is 0 Å². The van der Waals surface area contributed by atoms with E-state index >= 15 is 0 Å². The molecule has 2 fully saturated rings. The van der Waals surface area contributed by atoms with Crippen LogP contribution < -0.4 is 22.1 Å². The molecule has 2 aliphatic heterocycles. The Balaban J connectivity index is 1.06. The number of piperidine rings is 1. The number of aromatic nitrogens is 2. The van der Waals surface area contributed by atoms with Gasteiger partial charge in [-0.05, 0) is 56.2 Å². The van der Waals surface area contributed by atoms with E-state index in [1.807, 2.05) is 71.3 Å². The van der Waals surface area contributed by atoms with Gasteiger partial charge in [0.25, 0.3) is 5.91 Å². The topological polar surface area (TPSA) is 248 Å². The van der Waals surface area contributed by atoms with E-state index in [0.717, 1.165) is 42.4 Å². The van der Waals surface area contributed by atoms with E-state index < -0.39 is 42.7 Å². The molecule has 2 saturated heterocycles. The number of nitrogen functional groups attached to an aromatic ring is 2. The third-order valence-corrected chi connectivity index (χ3v) is 12.0. The summed E-state index contributed by atoms with van der Waals surface area (Å²) in [6.07, 6.45) is 0.0890. The lowest BCUT2D eigenvalue weighted by atomic mass is 9.96. The van der Waals surface area contributed by atoms with E-state index in [0.29, 0.717) is 52.0 Å². The first-order chi connectivity index (χ1) is 30.3. The Hall–Kier alpha value is -4.62. The van der Waals surface area contributed by atoms with Gasteiger partial charge in [0, 0.05) is 57.2 Å². The van der Waals surface area contributed by atoms with E-state index in [1.165, 1.54) is 0 Å². The number of ether oxygens (including phenoxy) is 3. The van der Waals surface area contributed by atoms with Gasteiger partial charge in [0.1, 0.15) is 18.3 Å². The number of hydrogen-bond acceptors (Lipinski definition) is 14. The SMILES string of the molecule is CCCCCCN(CCC(=O)N1CCC(CNC(=O)OC[C@H](CNC(=O)c2nc(Cl)c(N)nc2N)Cc2ccccc2C)CC1)C[C@@H](O)[C@@H](O)[C@@H]1O[C@H](c2ccccc2)OC[C@H]1O. The molecule has 18 heteroatoms. The van der Waals surface area contributed by atoms with Gasteiger partial charge >= 0.3 is 6.09 Å². The quantitative estimate of drug-likeness (QED) is 0.0713. The second-order valence-electron chi connectivity index (χ2n) is 16.6. The number of halogens is 1. The summed E-state index contributed by atoms with van der Waals surface area (Å²) in [5.41, 5.74) is 14.2. The molecule has 1 aromatic heterocycles. The van der Waals surface area contributed by atoms with Gasteiger partial charge in [-0.25, -0.2) is 14.8 Å². The number of rotatable bonds is 22. The zero-order valence-corrected chi connectivity index (χ0v) is 37.1. The highest BCUT2D eigenvalue weighted by Crippen LogP contribution is 2.29. The van der Waals surface area contributed by atoms with E-state index in [4.69, 9.17) is 37.3 Å². The minimum absolute atomic E-state index is 0.00399. The molecule has 0 aliphatic carbocycles. The lowest BCUT2D eigenvalue weighted by molar-refractivity contribution is -0.283. The van der Waals surface area contributed by atoms with Crippen LogP contribution in [0.1, 0.15) is 85.3 Å². The Morgan fingerprint density at radius 2 is 1.71 bits per heavy atom. The lowest BCUT2D eigenvalue weighted by Crippen LogP contribution is -2.54. The Kier molecular flexibility index (Phi) is 19.6. The maximum Gasteiger partial charge on any atom is 0.407 e. The molecule has 0 bridgehead atoms. The van der Waals surface area contributed by atoms with Gasteiger partial charge in [0.05, 0.1) is 19.3 Å². The van der Waals surface area contributed by atoms with Crippen molar-refractivity contribution in [2.45, 2.75) is 95.9 Å². The third kappa shape index (κ3) is 15.3. The number of carbonyl (C=O) groups excluding carboxylic acids is 3. The van der Waals surface area contributed by atoms with E-state index in [2.05, 4.69) is 27.5 Å². The maximum atomic E-state index is 13.4. The Labute approximate surface area is 374 Å². The molecule has 0 radical (unpaired) electrons. The second-order valence-corrected chi connectivity index (χ2v) is 16.9. The fourth-order valence-corrected chi connectivity index (χ4v) is 7.96. The van der Waals surface area contributed by atoms with Gasteiger partial charge in [0.2, 0.25) is 5.91 Å². The number of nitrogens with zero attached hydrogens (tertiary/aromatic N) is 4. The fraction of sp³-hybridized carbons (Fsp3) is 0.578. The standard InChI is InChI=1S/C45H65ClN8O9/c1-3-4-5-11-19-53(26-34(55)38(58)39-35(56)28-61-44(63-39)32-13-7-6-8-14-32)20-18-36(57)54-21-16-30(17-22-54)24-50-45(60)62-27-31(23-33-15-10-9-12-29(33)2)25-49-43(59)37-41(47)52-42(48)40(46)51-37/h6-10,12-15,30-31,34-35,38-39,44,55-56,58H,3-5,11,16-28H2,1-2H3,(H,49,59)(H,50,60)(H4,47,48,52)/t31-,34+,35+,38+,39+,44+/m0/s1. The molecule has 0 saturated carbocycles. The van der Waals surface area contributed by atoms with Crippen molar-refractivity contribution in [1.82, 2.24) is 30.4 Å². The molecule has 17 nitrogen and oxygen atoms in total. The lowest BCUT2D eigenvalue weighted by Gasteiger charge is -2.39. The number of anilines is 2. The summed E-state index contributed by atoms with van der Waals surface area (Å²) >= 11 is 5.97. The van der Waals surface area contributed by atoms with Crippen LogP contribution in [0.4, 0.5) is 16.4 Å². The van der Waals surface area contributed by atoms with Crippen LogP contribution in [-0.2, 0) is 25.4 Å². The maximum absolute atomic E-state index is 13.4. The number of aliphatic hydroxyl groups excluding tert-OH is 3. The van der Waals surface area contributed by atoms with E-state index in [9.17, 15) is 29.7 Å². The van der Waals surface area contributed by atoms with Crippen LogP contribution in [-0.4, -0.2) is 136 Å². The largest absolute Gasteiger partial charge is 0.449 e. The fourth-order valence-electron chi connectivity index (χ4n) is 7.83. The first-order valence-electron chi connectivity index (χ1n) is 22.0. The predicted molar refractivity (Wildman–Crippen MR) is 238 cm³/mol. The molecule has 3 amide bonds. The molecule has 2 aliphatic rings. The molecule has 63 heavy (non-hydrogen) atoms. The zero-order chi connectivity index (χ0) is 45.3. The van der Waals surface area contributed by atoms with Crippen molar-refractivity contribution in [2.24, 2.45) is 11.8 Å². The number of hydrogen-bond donors (Lipinski definition) is 7. The number of aliphatic hydroxyl groups is 3. The summed E-state index contributed by atoms with van der Waals surface area (Å²) in [5.74, 6) is -0.942. The van der Waals surface area contributed by atoms with Gasteiger partial charge in [-0.1, -0.05) is 92.4 Å². The molecular formula is C45H65ClN8O9. The normalized spacial score (nSPS) is 19.6. The van der Waals surface area contributed by atoms with Crippen molar-refractivity contribution < 1.29 is 43.9 Å². The van der Waals surface area contributed by atoms with Crippen molar-refractivity contribution in [3.63, 3.8) is 0 Å². The van der Waals surface area contributed by atoms with Crippen LogP contribution in [0.5, 0.6) is 0 Å². The van der Waals surface area contributed by atoms with Crippen LogP contribution in [0, 0.1) is 18.8 Å². The van der Waals surface area contributed by atoms with Crippen LogP contribution in [0.25, 0.3) is 0 Å². The minimum atomic E-state index is -1.38. The highest BCUT2D eigenvalue weighted by atomic mass is 35.5. The van der Waals surface area contributed by atoms with Crippen molar-refractivity contribution in [1.29, 1.82) is 0 Å². The molecular weight excluding hydrogens is 832 g/mol. The summed E-state index contributed by atoms with van der Waals surface area (Å²) in [4.78, 5) is 51.0. The average Bonchev–Trinajstić information content (AvgIpc) is 3.29. The van der Waals surface area contributed by atoms with Gasteiger partial charge < -0.3 is 61.4 Å². The number of unbranched alkanes of at least 4 members (excludes halogenated alkanes) is 3. The number of amides is 3. The number of aryl methyl sites for hydroxylation is 1. The van der Waals surface area contributed by atoms with Gasteiger partial charge in [0.15, 0.2) is 28.8 Å². The summed E-state index contributed by atoms with van der Waals surface area (Å²) < 4.78 is 17.2. The molecule has 2 aromatic carbocycles. The highest BCUT2D eigenvalue weighted by Gasteiger charge is 2.40. The molecule has 0 unspecified atom stereocenters. The number of nitrogens with one attached hydrogen (secondary N) is 2. The average molecular weight is 898 g/mol. The van der Waals surface area contributed by atoms with Crippen molar-refractivity contribution >= 4 is 41.1 Å². The monoisotopic (exact) mass is 896 g/mol. The summed E-state index contributed by atoms with van der Waals surface area (Å²) in [7, 11) is 0. The summed E-state index contributed by atoms with van der Waals surface area (Å²) in [6.45, 7) is 6.91. The summed E-state index contributed by atoms with van der Waals surface area (Å²) in [5, 5.41) is 38.6. The highest BCUT2D eigenvalue weighted by molar-refractivity contribution is 6.31. The minimum Gasteiger partial charge on any atom is -0.449 e. The van der Waals surface area contributed by atoms with Gasteiger partial charge in [-0.3, -0.25) is 9.59 Å². The summed E-state index contributed by atoms with van der Waals surface area (Å²) in [6, 6.07) is 17.1. The molecule has 9 N–H and O–H groups in total. The number of benzene rings is 2. The van der Waals surface area contributed by atoms with Crippen LogP contribution in [0.15, 0.2) is 54.6 Å². The molecule has 3 heterocycles. The Bertz CT molecular complexity index is 1910. The second kappa shape index (κ2) is 25.0. The number of likely N-dealkylation sites (tertiary alicyclic amines) is 1. The smallest absolute Gasteiger partial charge is 0.407 e. The van der Waals surface area contributed by atoms with Crippen LogP contribution >= 0.6 is 11.6 Å². The molecule has 5 rings (SSSR count). The molecule has 6 atom stereocenters. The molecule has 3 aromatic rings. The Morgan fingerprint density at radius 1 is 0.984 bits per heavy atom. The molecule has 0 spiro atoms. The number of carbonyl (C=O) groups is 3. The van der Waals surface area contributed by atoms with Crippen LogP contribution in [0.2, 0.25) is 5.15 Å². The number of alkyl carbamates (subject to hydrolysis) is 1. The van der Waals surface area contributed by atoms with E-state index in [-0.39, 0.29) is 72.9 Å². The van der Waals surface area contributed by atoms with Crippen molar-refractivity contribution in [3.8, 4) is 0 Å². The number of nitrogens with two attached hydrogens (primary N) is 2. The zero-order valence-electron chi connectivity index (χ0n) is 36.4. The first-order valence-corrected chi connectivity index (χ1v) is 22.4. The van der Waals surface area contributed by atoms with Gasteiger partial charge in [-0.15, -0.1) is 0 Å². The molecule has 346 valence electrons. The Morgan fingerprint density at radius 3 is 2.44 bits per heavy atom.